The quantitative estimate of drug-likeness (QED) is 0.691. The molecule has 0 amide bonds. The van der Waals surface area contributed by atoms with Gasteiger partial charge in [0.1, 0.15) is 10.6 Å². The highest BCUT2D eigenvalue weighted by Crippen LogP contribution is 2.28. The van der Waals surface area contributed by atoms with E-state index in [-0.39, 0.29) is 16.5 Å². The Bertz CT molecular complexity index is 1000. The summed E-state index contributed by atoms with van der Waals surface area (Å²) < 4.78 is 32.9. The summed E-state index contributed by atoms with van der Waals surface area (Å²) in [6.45, 7) is 1.81. The maximum absolute atomic E-state index is 12.5. The van der Waals surface area contributed by atoms with Crippen molar-refractivity contribution < 1.29 is 12.8 Å². The molecule has 0 aliphatic carbocycles. The van der Waals surface area contributed by atoms with Gasteiger partial charge in [-0.15, -0.1) is 0 Å². The van der Waals surface area contributed by atoms with Gasteiger partial charge in [-0.1, -0.05) is 23.2 Å². The molecule has 3 rings (SSSR count). The highest BCUT2D eigenvalue weighted by molar-refractivity contribution is 7.89. The standard InChI is InChI=1S/C17H14Cl2N2O3S/c1-11-7-17(14(19)9-13(11)18)25(22,23)21-10-12-4-5-20-15(8-12)16-3-2-6-24-16/h2-9,21H,10H2,1H3. The van der Waals surface area contributed by atoms with Gasteiger partial charge in [0, 0.05) is 17.8 Å². The van der Waals surface area contributed by atoms with Crippen molar-refractivity contribution in [1.82, 2.24) is 9.71 Å². The van der Waals surface area contributed by atoms with E-state index in [1.807, 2.05) is 0 Å². The number of hydrogen-bond donors (Lipinski definition) is 1. The van der Waals surface area contributed by atoms with Crippen molar-refractivity contribution in [3.63, 3.8) is 0 Å². The van der Waals surface area contributed by atoms with Crippen LogP contribution in [0.1, 0.15) is 11.1 Å². The average Bonchev–Trinajstić information content (AvgIpc) is 3.11. The topological polar surface area (TPSA) is 72.2 Å². The lowest BCUT2D eigenvalue weighted by Crippen LogP contribution is -2.23. The number of halogens is 2. The second kappa shape index (κ2) is 7.17. The summed E-state index contributed by atoms with van der Waals surface area (Å²) in [5, 5.41) is 0.496. The molecular weight excluding hydrogens is 383 g/mol. The highest BCUT2D eigenvalue weighted by Gasteiger charge is 2.19. The van der Waals surface area contributed by atoms with Crippen LogP contribution in [-0.4, -0.2) is 13.4 Å². The second-order valence-electron chi connectivity index (χ2n) is 5.38. The van der Waals surface area contributed by atoms with Crippen molar-refractivity contribution in [3.05, 3.63) is 70.0 Å². The molecule has 8 heteroatoms. The SMILES string of the molecule is Cc1cc(S(=O)(=O)NCc2ccnc(-c3ccco3)c2)c(Cl)cc1Cl. The molecule has 1 N–H and O–H groups in total. The Morgan fingerprint density at radius 3 is 2.68 bits per heavy atom. The minimum atomic E-state index is -3.78. The molecule has 0 aliphatic heterocycles. The molecule has 0 aliphatic rings. The number of nitrogens with zero attached hydrogens (tertiary/aromatic N) is 1. The Morgan fingerprint density at radius 2 is 1.96 bits per heavy atom. The lowest BCUT2D eigenvalue weighted by molar-refractivity contribution is 0.579. The van der Waals surface area contributed by atoms with Crippen LogP contribution in [0.5, 0.6) is 0 Å². The summed E-state index contributed by atoms with van der Waals surface area (Å²) in [5.74, 6) is 0.612. The molecule has 2 heterocycles. The molecule has 0 unspecified atom stereocenters. The largest absolute Gasteiger partial charge is 0.463 e. The molecule has 3 aromatic rings. The maximum atomic E-state index is 12.5. The fraction of sp³-hybridized carbons (Fsp3) is 0.118. The highest BCUT2D eigenvalue weighted by atomic mass is 35.5. The van der Waals surface area contributed by atoms with Gasteiger partial charge in [0.15, 0.2) is 5.76 Å². The van der Waals surface area contributed by atoms with Gasteiger partial charge in [-0.25, -0.2) is 13.1 Å². The van der Waals surface area contributed by atoms with E-state index in [2.05, 4.69) is 9.71 Å². The molecule has 1 aromatic carbocycles. The Balaban J connectivity index is 1.81. The number of pyridine rings is 1. The number of benzene rings is 1. The lowest BCUT2D eigenvalue weighted by atomic mass is 10.2. The van der Waals surface area contributed by atoms with E-state index < -0.39 is 10.0 Å². The van der Waals surface area contributed by atoms with Crippen molar-refractivity contribution in [2.45, 2.75) is 18.4 Å². The average molecular weight is 397 g/mol. The van der Waals surface area contributed by atoms with Crippen LogP contribution < -0.4 is 4.72 Å². The van der Waals surface area contributed by atoms with E-state index in [1.165, 1.54) is 12.1 Å². The molecule has 2 aromatic heterocycles. The smallest absolute Gasteiger partial charge is 0.242 e. The molecule has 130 valence electrons. The summed E-state index contributed by atoms with van der Waals surface area (Å²) in [6.07, 6.45) is 3.15. The number of aromatic nitrogens is 1. The molecule has 0 atom stereocenters. The zero-order valence-corrected chi connectivity index (χ0v) is 15.5. The van der Waals surface area contributed by atoms with Gasteiger partial charge < -0.3 is 4.42 Å². The van der Waals surface area contributed by atoms with Gasteiger partial charge in [0.25, 0.3) is 0 Å². The first-order valence-electron chi connectivity index (χ1n) is 7.31. The Hall–Kier alpha value is -1.86. The summed E-state index contributed by atoms with van der Waals surface area (Å²) in [6, 6.07) is 9.91. The zero-order valence-electron chi connectivity index (χ0n) is 13.2. The Morgan fingerprint density at radius 1 is 1.16 bits per heavy atom. The maximum Gasteiger partial charge on any atom is 0.242 e. The van der Waals surface area contributed by atoms with Crippen LogP contribution in [0.15, 0.2) is 58.2 Å². The van der Waals surface area contributed by atoms with Crippen LogP contribution in [0.3, 0.4) is 0 Å². The minimum absolute atomic E-state index is 0.00335. The summed E-state index contributed by atoms with van der Waals surface area (Å²) in [7, 11) is -3.78. The number of nitrogens with one attached hydrogen (secondary N) is 1. The number of sulfonamides is 1. The van der Waals surface area contributed by atoms with E-state index in [0.717, 1.165) is 5.56 Å². The van der Waals surface area contributed by atoms with E-state index in [0.29, 0.717) is 22.0 Å². The van der Waals surface area contributed by atoms with Crippen LogP contribution in [0, 0.1) is 6.92 Å². The van der Waals surface area contributed by atoms with Crippen LogP contribution in [0.25, 0.3) is 11.5 Å². The molecule has 0 radical (unpaired) electrons. The first-order valence-corrected chi connectivity index (χ1v) is 9.55. The van der Waals surface area contributed by atoms with Crippen LogP contribution in [0.2, 0.25) is 10.0 Å². The van der Waals surface area contributed by atoms with Crippen LogP contribution in [-0.2, 0) is 16.6 Å². The zero-order chi connectivity index (χ0) is 18.0. The van der Waals surface area contributed by atoms with Crippen LogP contribution in [0.4, 0.5) is 0 Å². The number of aryl methyl sites for hydroxylation is 1. The van der Waals surface area contributed by atoms with Crippen molar-refractivity contribution in [2.24, 2.45) is 0 Å². The number of hydrogen-bond acceptors (Lipinski definition) is 4. The van der Waals surface area contributed by atoms with Gasteiger partial charge >= 0.3 is 0 Å². The second-order valence-corrected chi connectivity index (χ2v) is 7.93. The van der Waals surface area contributed by atoms with E-state index in [4.69, 9.17) is 27.6 Å². The molecule has 0 saturated heterocycles. The normalized spacial score (nSPS) is 11.6. The van der Waals surface area contributed by atoms with Gasteiger partial charge in [-0.3, -0.25) is 4.98 Å². The third kappa shape index (κ3) is 4.04. The molecule has 0 saturated carbocycles. The predicted octanol–water partition coefficient (Wildman–Crippen LogP) is 4.44. The molecule has 0 bridgehead atoms. The van der Waals surface area contributed by atoms with Crippen molar-refractivity contribution in [2.75, 3.05) is 0 Å². The van der Waals surface area contributed by atoms with Gasteiger partial charge in [-0.05, 0) is 54.4 Å². The Labute approximate surface area is 155 Å². The van der Waals surface area contributed by atoms with Crippen molar-refractivity contribution >= 4 is 33.2 Å². The van der Waals surface area contributed by atoms with E-state index >= 15 is 0 Å². The number of rotatable bonds is 5. The Kier molecular flexibility index (Phi) is 5.15. The summed E-state index contributed by atoms with van der Waals surface area (Å²) in [4.78, 5) is 4.21. The monoisotopic (exact) mass is 396 g/mol. The molecule has 25 heavy (non-hydrogen) atoms. The minimum Gasteiger partial charge on any atom is -0.463 e. The molecular formula is C17H14Cl2N2O3S. The molecule has 0 spiro atoms. The molecule has 5 nitrogen and oxygen atoms in total. The fourth-order valence-electron chi connectivity index (χ4n) is 2.24. The van der Waals surface area contributed by atoms with Crippen molar-refractivity contribution in [3.8, 4) is 11.5 Å². The molecule has 0 fully saturated rings. The number of furan rings is 1. The van der Waals surface area contributed by atoms with Crippen LogP contribution >= 0.6 is 23.2 Å². The first kappa shape index (κ1) is 17.9. The fourth-order valence-corrected chi connectivity index (χ4v) is 4.08. The summed E-state index contributed by atoms with van der Waals surface area (Å²) >= 11 is 12.0. The first-order chi connectivity index (χ1) is 11.9. The third-order valence-electron chi connectivity index (χ3n) is 3.57. The lowest BCUT2D eigenvalue weighted by Gasteiger charge is -2.10. The van der Waals surface area contributed by atoms with E-state index in [9.17, 15) is 8.42 Å². The van der Waals surface area contributed by atoms with Crippen molar-refractivity contribution in [1.29, 1.82) is 0 Å². The summed E-state index contributed by atoms with van der Waals surface area (Å²) in [5.41, 5.74) is 2.00. The van der Waals surface area contributed by atoms with E-state index in [1.54, 1.807) is 43.6 Å². The van der Waals surface area contributed by atoms with Gasteiger partial charge in [0.05, 0.1) is 11.3 Å². The van der Waals surface area contributed by atoms with Gasteiger partial charge in [0.2, 0.25) is 10.0 Å². The third-order valence-corrected chi connectivity index (χ3v) is 5.84. The van der Waals surface area contributed by atoms with Gasteiger partial charge in [-0.2, -0.15) is 0 Å². The predicted molar refractivity (Wildman–Crippen MR) is 97.2 cm³/mol.